The van der Waals surface area contributed by atoms with Crippen LogP contribution < -0.4 is 11.1 Å². The molecule has 186 valence electrons. The summed E-state index contributed by atoms with van der Waals surface area (Å²) in [5.74, 6) is 0.809. The highest BCUT2D eigenvalue weighted by Gasteiger charge is 2.17. The van der Waals surface area contributed by atoms with E-state index >= 15 is 0 Å². The van der Waals surface area contributed by atoms with Gasteiger partial charge in [-0.15, -0.1) is 5.10 Å². The lowest BCUT2D eigenvalue weighted by Crippen LogP contribution is -2.13. The molecule has 0 fully saturated rings. The van der Waals surface area contributed by atoms with E-state index in [1.807, 2.05) is 25.1 Å². The van der Waals surface area contributed by atoms with Crippen LogP contribution in [0.5, 0.6) is 0 Å². The summed E-state index contributed by atoms with van der Waals surface area (Å²) in [5, 5.41) is 10.9. The molecule has 0 unspecified atom stereocenters. The lowest BCUT2D eigenvalue weighted by Gasteiger charge is -2.10. The summed E-state index contributed by atoms with van der Waals surface area (Å²) in [4.78, 5) is 13.1. The van der Waals surface area contributed by atoms with Gasteiger partial charge in [0.2, 0.25) is 0 Å². The molecule has 2 aromatic heterocycles. The minimum Gasteiger partial charge on any atom is -0.461 e. The number of nitrogens with one attached hydrogen (secondary N) is 1. The number of sulfone groups is 1. The zero-order valence-electron chi connectivity index (χ0n) is 19.8. The van der Waals surface area contributed by atoms with Crippen LogP contribution in [0.25, 0.3) is 22.6 Å². The van der Waals surface area contributed by atoms with Crippen molar-refractivity contribution in [3.05, 3.63) is 102 Å². The number of nitrogens with zero attached hydrogens (tertiary/aromatic N) is 3. The Bertz CT molecular complexity index is 1670. The second kappa shape index (κ2) is 9.75. The van der Waals surface area contributed by atoms with Crippen LogP contribution in [0.2, 0.25) is 0 Å². The maximum atomic E-state index is 12.9. The smallest absolute Gasteiger partial charge is 0.255 e. The molecule has 3 N–H and O–H groups in total. The van der Waals surface area contributed by atoms with Gasteiger partial charge in [0.1, 0.15) is 23.1 Å². The maximum Gasteiger partial charge on any atom is 0.255 e. The number of carbonyl (C=O) groups excluding carboxylic acids is 1. The molecule has 1 amide bonds. The zero-order chi connectivity index (χ0) is 26.0. The predicted molar refractivity (Wildman–Crippen MR) is 140 cm³/mol. The summed E-state index contributed by atoms with van der Waals surface area (Å²) in [5.41, 5.74) is 9.37. The van der Waals surface area contributed by atoms with Crippen LogP contribution in [-0.2, 0) is 15.7 Å². The Kier molecular flexibility index (Phi) is 6.33. The van der Waals surface area contributed by atoms with Gasteiger partial charge < -0.3 is 15.5 Å². The van der Waals surface area contributed by atoms with Crippen LogP contribution in [0.15, 0.2) is 100 Å². The summed E-state index contributed by atoms with van der Waals surface area (Å²) in [6.45, 7) is 1.86. The van der Waals surface area contributed by atoms with Crippen LogP contribution in [0.4, 0.5) is 11.4 Å². The first-order chi connectivity index (χ1) is 17.8. The van der Waals surface area contributed by atoms with Crippen molar-refractivity contribution < 1.29 is 17.6 Å². The Hall–Kier alpha value is -4.70. The third-order valence-corrected chi connectivity index (χ3v) is 7.31. The van der Waals surface area contributed by atoms with E-state index in [9.17, 15) is 13.2 Å². The Balaban J connectivity index is 1.29. The number of anilines is 2. The lowest BCUT2D eigenvalue weighted by molar-refractivity contribution is 0.102. The molecular weight excluding hydrogens is 490 g/mol. The normalized spacial score (nSPS) is 11.4. The van der Waals surface area contributed by atoms with Gasteiger partial charge in [-0.1, -0.05) is 35.5 Å². The maximum absolute atomic E-state index is 12.9. The minimum absolute atomic E-state index is 0.216. The van der Waals surface area contributed by atoms with Gasteiger partial charge in [0, 0.05) is 16.7 Å². The predicted octanol–water partition coefficient (Wildman–Crippen LogP) is 4.78. The van der Waals surface area contributed by atoms with Crippen LogP contribution in [0.3, 0.4) is 0 Å². The Morgan fingerprint density at radius 3 is 2.41 bits per heavy atom. The number of benzene rings is 3. The number of nitrogens with two attached hydrogens (primary N) is 1. The second-order valence-corrected chi connectivity index (χ2v) is 10.4. The molecule has 0 radical (unpaired) electrons. The first kappa shape index (κ1) is 24.0. The zero-order valence-corrected chi connectivity index (χ0v) is 20.6. The number of amides is 1. The van der Waals surface area contributed by atoms with Gasteiger partial charge >= 0.3 is 0 Å². The van der Waals surface area contributed by atoms with E-state index in [0.717, 1.165) is 11.3 Å². The fraction of sp³-hybridized carbons (Fsp3) is 0.0741. The summed E-state index contributed by atoms with van der Waals surface area (Å²) < 4.78 is 32.1. The van der Waals surface area contributed by atoms with Crippen LogP contribution >= 0.6 is 0 Å². The number of hydrogen-bond donors (Lipinski definition) is 2. The highest BCUT2D eigenvalue weighted by Crippen LogP contribution is 2.29. The average Bonchev–Trinajstić information content (AvgIpc) is 3.55. The summed E-state index contributed by atoms with van der Waals surface area (Å²) in [7, 11) is -3.56. The van der Waals surface area contributed by atoms with Crippen molar-refractivity contribution in [2.24, 2.45) is 0 Å². The molecular formula is C27H23N5O4S. The quantitative estimate of drug-likeness (QED) is 0.299. The number of aromatic nitrogens is 3. The summed E-state index contributed by atoms with van der Waals surface area (Å²) >= 11 is 0. The molecule has 0 aliphatic heterocycles. The molecule has 9 nitrogen and oxygen atoms in total. The molecule has 0 saturated carbocycles. The highest BCUT2D eigenvalue weighted by molar-refractivity contribution is 7.90. The molecule has 0 saturated heterocycles. The highest BCUT2D eigenvalue weighted by atomic mass is 32.2. The van der Waals surface area contributed by atoms with Gasteiger partial charge in [-0.25, -0.2) is 13.1 Å². The van der Waals surface area contributed by atoms with E-state index in [0.29, 0.717) is 34.0 Å². The Morgan fingerprint density at radius 2 is 1.70 bits per heavy atom. The molecule has 0 aliphatic rings. The van der Waals surface area contributed by atoms with E-state index in [1.54, 1.807) is 72.9 Å². The van der Waals surface area contributed by atoms with Crippen molar-refractivity contribution >= 4 is 27.1 Å². The van der Waals surface area contributed by atoms with Crippen molar-refractivity contribution in [1.82, 2.24) is 15.0 Å². The SMILES string of the molecule is Cc1ccc(-c2ccc(N)c(NC(=O)c3ccc(-c4cn(CS(=O)(=O)c5ccccc5)nn4)cc3)c2)o1. The van der Waals surface area contributed by atoms with E-state index in [4.69, 9.17) is 10.2 Å². The monoisotopic (exact) mass is 513 g/mol. The first-order valence-corrected chi connectivity index (χ1v) is 13.0. The molecule has 2 heterocycles. The van der Waals surface area contributed by atoms with Crippen molar-refractivity contribution in [1.29, 1.82) is 0 Å². The van der Waals surface area contributed by atoms with Crippen molar-refractivity contribution in [3.8, 4) is 22.6 Å². The molecule has 5 aromatic rings. The van der Waals surface area contributed by atoms with Gasteiger partial charge in [-0.05, 0) is 61.5 Å². The summed E-state index contributed by atoms with van der Waals surface area (Å²) in [6.07, 6.45) is 1.55. The van der Waals surface area contributed by atoms with E-state index < -0.39 is 9.84 Å². The number of furan rings is 1. The van der Waals surface area contributed by atoms with Gasteiger partial charge in [0.25, 0.3) is 5.91 Å². The number of carbonyl (C=O) groups is 1. The van der Waals surface area contributed by atoms with Gasteiger partial charge in [0.15, 0.2) is 9.84 Å². The lowest BCUT2D eigenvalue weighted by atomic mass is 10.1. The largest absolute Gasteiger partial charge is 0.461 e. The molecule has 0 atom stereocenters. The van der Waals surface area contributed by atoms with E-state index in [2.05, 4.69) is 15.6 Å². The van der Waals surface area contributed by atoms with Crippen molar-refractivity contribution in [2.75, 3.05) is 11.1 Å². The summed E-state index contributed by atoms with van der Waals surface area (Å²) in [6, 6.07) is 24.0. The van der Waals surface area contributed by atoms with E-state index in [-0.39, 0.29) is 16.7 Å². The topological polar surface area (TPSA) is 133 Å². The number of aryl methyl sites for hydroxylation is 1. The molecule has 10 heteroatoms. The Labute approximate surface area is 213 Å². The van der Waals surface area contributed by atoms with Crippen LogP contribution in [0, 0.1) is 6.92 Å². The molecule has 3 aromatic carbocycles. The fourth-order valence-corrected chi connectivity index (χ4v) is 4.96. The molecule has 0 aliphatic carbocycles. The third-order valence-electron chi connectivity index (χ3n) is 5.71. The van der Waals surface area contributed by atoms with Gasteiger partial charge in [0.05, 0.1) is 22.5 Å². The average molecular weight is 514 g/mol. The standard InChI is InChI=1S/C27H23N5O4S/c1-18-7-14-26(36-18)21-12-13-23(28)24(15-21)29-27(33)20-10-8-19(9-11-20)25-16-32(31-30-25)17-37(34,35)22-5-3-2-4-6-22/h2-16H,17,28H2,1H3,(H,29,33). The minimum atomic E-state index is -3.56. The van der Waals surface area contributed by atoms with Crippen molar-refractivity contribution in [2.45, 2.75) is 17.7 Å². The number of hydrogen-bond acceptors (Lipinski definition) is 7. The molecule has 5 rings (SSSR count). The Morgan fingerprint density at radius 1 is 0.973 bits per heavy atom. The number of rotatable bonds is 7. The molecule has 0 spiro atoms. The molecule has 37 heavy (non-hydrogen) atoms. The number of nitrogen functional groups attached to an aromatic ring is 1. The first-order valence-electron chi connectivity index (χ1n) is 11.3. The van der Waals surface area contributed by atoms with Gasteiger partial charge in [-0.3, -0.25) is 4.79 Å². The van der Waals surface area contributed by atoms with Gasteiger partial charge in [-0.2, -0.15) is 0 Å². The van der Waals surface area contributed by atoms with Crippen molar-refractivity contribution in [3.63, 3.8) is 0 Å². The third kappa shape index (κ3) is 5.29. The van der Waals surface area contributed by atoms with Crippen LogP contribution in [-0.4, -0.2) is 29.3 Å². The molecule has 0 bridgehead atoms. The van der Waals surface area contributed by atoms with E-state index in [1.165, 1.54) is 4.68 Å². The second-order valence-electron chi connectivity index (χ2n) is 8.44. The van der Waals surface area contributed by atoms with Crippen LogP contribution in [0.1, 0.15) is 16.1 Å². The fourth-order valence-electron chi connectivity index (χ4n) is 3.76.